The van der Waals surface area contributed by atoms with Crippen LogP contribution in [-0.4, -0.2) is 46.1 Å². The number of oxazole rings is 1. The van der Waals surface area contributed by atoms with E-state index in [2.05, 4.69) is 23.6 Å². The van der Waals surface area contributed by atoms with Crippen molar-refractivity contribution in [3.8, 4) is 0 Å². The number of aromatic nitrogens is 1. The molecule has 0 radical (unpaired) electrons. The van der Waals surface area contributed by atoms with Crippen LogP contribution in [0.2, 0.25) is 0 Å². The van der Waals surface area contributed by atoms with Gasteiger partial charge in [-0.25, -0.2) is 4.79 Å². The van der Waals surface area contributed by atoms with Crippen LogP contribution in [0.3, 0.4) is 0 Å². The van der Waals surface area contributed by atoms with E-state index in [1.54, 1.807) is 0 Å². The van der Waals surface area contributed by atoms with E-state index < -0.39 is 0 Å². The van der Waals surface area contributed by atoms with Crippen molar-refractivity contribution in [2.24, 2.45) is 0 Å². The topological polar surface area (TPSA) is 41.6 Å². The van der Waals surface area contributed by atoms with E-state index >= 15 is 0 Å². The highest BCUT2D eigenvalue weighted by molar-refractivity contribution is 5.72. The van der Waals surface area contributed by atoms with E-state index in [4.69, 9.17) is 4.42 Å². The Hall–Kier alpha value is -1.59. The molecular weight excluding hydrogens is 350 g/mol. The number of para-hydroxylation sites is 2. The Bertz CT molecular complexity index is 827. The Balaban J connectivity index is 1.74. The zero-order valence-electron chi connectivity index (χ0n) is 17.5. The Morgan fingerprint density at radius 3 is 2.50 bits per heavy atom. The molecule has 154 valence electrons. The predicted molar refractivity (Wildman–Crippen MR) is 114 cm³/mol. The lowest BCUT2D eigenvalue weighted by atomic mass is 9.97. The van der Waals surface area contributed by atoms with Gasteiger partial charge in [-0.05, 0) is 57.2 Å². The quantitative estimate of drug-likeness (QED) is 0.727. The van der Waals surface area contributed by atoms with E-state index in [0.29, 0.717) is 17.7 Å². The molecule has 2 aromatic rings. The van der Waals surface area contributed by atoms with Gasteiger partial charge in [0.2, 0.25) is 0 Å². The van der Waals surface area contributed by atoms with Gasteiger partial charge in [0, 0.05) is 25.2 Å². The second-order valence-corrected chi connectivity index (χ2v) is 8.53. The van der Waals surface area contributed by atoms with Crippen LogP contribution in [0.1, 0.15) is 71.4 Å². The van der Waals surface area contributed by atoms with Crippen LogP contribution in [0.5, 0.6) is 0 Å². The van der Waals surface area contributed by atoms with Crippen LogP contribution < -0.4 is 5.76 Å². The van der Waals surface area contributed by atoms with Gasteiger partial charge in [0.1, 0.15) is 6.17 Å². The number of fused-ring (bicyclic) bond motifs is 1. The molecule has 3 heterocycles. The molecule has 28 heavy (non-hydrogen) atoms. The molecule has 0 aliphatic carbocycles. The van der Waals surface area contributed by atoms with Crippen molar-refractivity contribution in [2.75, 3.05) is 19.6 Å². The van der Waals surface area contributed by atoms with Crippen molar-refractivity contribution >= 4 is 11.1 Å². The van der Waals surface area contributed by atoms with Gasteiger partial charge < -0.3 is 4.42 Å². The monoisotopic (exact) mass is 385 g/mol. The van der Waals surface area contributed by atoms with Crippen LogP contribution in [0, 0.1) is 0 Å². The van der Waals surface area contributed by atoms with Crippen molar-refractivity contribution in [3.05, 3.63) is 34.8 Å². The Labute approximate surface area is 168 Å². The molecule has 3 atom stereocenters. The third-order valence-corrected chi connectivity index (χ3v) is 6.96. The smallest absolute Gasteiger partial charge is 0.408 e. The third-order valence-electron chi connectivity index (χ3n) is 6.96. The summed E-state index contributed by atoms with van der Waals surface area (Å²) >= 11 is 0. The van der Waals surface area contributed by atoms with Crippen LogP contribution in [-0.2, 0) is 0 Å². The van der Waals surface area contributed by atoms with E-state index in [0.717, 1.165) is 31.6 Å². The summed E-state index contributed by atoms with van der Waals surface area (Å²) in [7, 11) is 0. The van der Waals surface area contributed by atoms with Crippen LogP contribution in [0.25, 0.3) is 11.1 Å². The SMILES string of the molecule is CCC1CCCCN1CC(N1CCCCC1CC)n1c(=O)oc2ccccc21. The molecule has 4 rings (SSSR count). The molecule has 3 unspecified atom stereocenters. The first kappa shape index (κ1) is 19.7. The third kappa shape index (κ3) is 3.79. The van der Waals surface area contributed by atoms with Gasteiger partial charge in [0.05, 0.1) is 5.52 Å². The van der Waals surface area contributed by atoms with Crippen molar-refractivity contribution in [1.82, 2.24) is 14.4 Å². The first-order valence-electron chi connectivity index (χ1n) is 11.3. The number of piperidine rings is 2. The molecule has 2 aliphatic heterocycles. The second kappa shape index (κ2) is 8.83. The summed E-state index contributed by atoms with van der Waals surface area (Å²) in [6.07, 6.45) is 9.99. The molecule has 0 saturated carbocycles. The molecule has 1 aromatic carbocycles. The largest absolute Gasteiger partial charge is 0.421 e. The lowest BCUT2D eigenvalue weighted by molar-refractivity contribution is 0.00893. The fraction of sp³-hybridized carbons (Fsp3) is 0.696. The molecule has 0 N–H and O–H groups in total. The molecule has 0 amide bonds. The molecule has 2 fully saturated rings. The molecular formula is C23H35N3O2. The second-order valence-electron chi connectivity index (χ2n) is 8.53. The lowest BCUT2D eigenvalue weighted by Gasteiger charge is -2.45. The fourth-order valence-corrected chi connectivity index (χ4v) is 5.43. The standard InChI is InChI=1S/C23H35N3O2/c1-3-18-11-7-9-15-24(18)17-22(25-16-10-8-12-19(25)4-2)26-20-13-5-6-14-21(20)28-23(26)27/h5-6,13-14,18-19,22H,3-4,7-12,15-17H2,1-2H3. The summed E-state index contributed by atoms with van der Waals surface area (Å²) in [5.74, 6) is -0.211. The average molecular weight is 386 g/mol. The van der Waals surface area contributed by atoms with Crippen molar-refractivity contribution < 1.29 is 4.42 Å². The first-order chi connectivity index (χ1) is 13.7. The minimum absolute atomic E-state index is 0.0496. The number of rotatable bonds is 6. The van der Waals surface area contributed by atoms with Crippen molar-refractivity contribution in [1.29, 1.82) is 0 Å². The number of hydrogen-bond acceptors (Lipinski definition) is 4. The Morgan fingerprint density at radius 2 is 1.71 bits per heavy atom. The van der Waals surface area contributed by atoms with Crippen molar-refractivity contribution in [2.45, 2.75) is 83.5 Å². The van der Waals surface area contributed by atoms with E-state index in [9.17, 15) is 4.79 Å². The Morgan fingerprint density at radius 1 is 1.00 bits per heavy atom. The normalized spacial score (nSPS) is 25.9. The fourth-order valence-electron chi connectivity index (χ4n) is 5.43. The number of nitrogens with zero attached hydrogens (tertiary/aromatic N) is 3. The summed E-state index contributed by atoms with van der Waals surface area (Å²) in [6, 6.07) is 9.07. The Kier molecular flexibility index (Phi) is 6.22. The van der Waals surface area contributed by atoms with E-state index in [-0.39, 0.29) is 11.9 Å². The van der Waals surface area contributed by atoms with E-state index in [1.807, 2.05) is 28.8 Å². The average Bonchev–Trinajstić information content (AvgIpc) is 3.08. The molecule has 5 nitrogen and oxygen atoms in total. The maximum Gasteiger partial charge on any atom is 0.421 e. The van der Waals surface area contributed by atoms with Crippen molar-refractivity contribution in [3.63, 3.8) is 0 Å². The molecule has 2 saturated heterocycles. The van der Waals surface area contributed by atoms with Gasteiger partial charge in [-0.2, -0.15) is 0 Å². The van der Waals surface area contributed by atoms with Gasteiger partial charge in [0.15, 0.2) is 5.58 Å². The highest BCUT2D eigenvalue weighted by Gasteiger charge is 2.34. The lowest BCUT2D eigenvalue weighted by Crippen LogP contribution is -2.52. The predicted octanol–water partition coefficient (Wildman–Crippen LogP) is 4.62. The molecule has 0 bridgehead atoms. The van der Waals surface area contributed by atoms with E-state index in [1.165, 1.54) is 44.9 Å². The van der Waals surface area contributed by atoms with Crippen LogP contribution in [0.15, 0.2) is 33.5 Å². The molecule has 2 aliphatic rings. The minimum Gasteiger partial charge on any atom is -0.408 e. The van der Waals surface area contributed by atoms with Crippen LogP contribution in [0.4, 0.5) is 0 Å². The summed E-state index contributed by atoms with van der Waals surface area (Å²) in [5.41, 5.74) is 1.64. The maximum atomic E-state index is 13.0. The summed E-state index contributed by atoms with van der Waals surface area (Å²) in [6.45, 7) is 7.71. The summed E-state index contributed by atoms with van der Waals surface area (Å²) < 4.78 is 7.59. The first-order valence-corrected chi connectivity index (χ1v) is 11.3. The highest BCUT2D eigenvalue weighted by Crippen LogP contribution is 2.31. The van der Waals surface area contributed by atoms with Gasteiger partial charge in [-0.1, -0.05) is 38.8 Å². The van der Waals surface area contributed by atoms with Gasteiger partial charge in [-0.15, -0.1) is 0 Å². The highest BCUT2D eigenvalue weighted by atomic mass is 16.4. The number of benzene rings is 1. The number of hydrogen-bond donors (Lipinski definition) is 0. The molecule has 1 aromatic heterocycles. The minimum atomic E-state index is -0.211. The zero-order valence-corrected chi connectivity index (χ0v) is 17.5. The van der Waals surface area contributed by atoms with Gasteiger partial charge in [0.25, 0.3) is 0 Å². The maximum absolute atomic E-state index is 13.0. The number of likely N-dealkylation sites (tertiary alicyclic amines) is 2. The van der Waals surface area contributed by atoms with Crippen LogP contribution >= 0.6 is 0 Å². The molecule has 5 heteroatoms. The van der Waals surface area contributed by atoms with Gasteiger partial charge >= 0.3 is 5.76 Å². The molecule has 0 spiro atoms. The summed E-state index contributed by atoms with van der Waals surface area (Å²) in [4.78, 5) is 18.2. The zero-order chi connectivity index (χ0) is 19.5. The van der Waals surface area contributed by atoms with Gasteiger partial charge in [-0.3, -0.25) is 14.4 Å². The summed E-state index contributed by atoms with van der Waals surface area (Å²) in [5, 5.41) is 0.